The first-order chi connectivity index (χ1) is 12.4. The van der Waals surface area contributed by atoms with Crippen molar-refractivity contribution in [3.8, 4) is 0 Å². The fourth-order valence-corrected chi connectivity index (χ4v) is 4.92. The third-order valence-corrected chi connectivity index (χ3v) is 6.39. The zero-order valence-corrected chi connectivity index (χ0v) is 16.5. The molecule has 2 amide bonds. The second-order valence-electron chi connectivity index (χ2n) is 6.76. The van der Waals surface area contributed by atoms with Gasteiger partial charge in [-0.15, -0.1) is 0 Å². The molecular formula is C18H22ClN2O4S+. The summed E-state index contributed by atoms with van der Waals surface area (Å²) in [6, 6.07) is 6.87. The lowest BCUT2D eigenvalue weighted by molar-refractivity contribution is -0.734. The molecule has 3 rings (SSSR count). The van der Waals surface area contributed by atoms with Crippen LogP contribution in [0.25, 0.3) is 0 Å². The summed E-state index contributed by atoms with van der Waals surface area (Å²) in [5, 5.41) is 2.46. The maximum atomic E-state index is 12.9. The molecule has 2 N–H and O–H groups in total. The van der Waals surface area contributed by atoms with Crippen LogP contribution in [0.4, 0.5) is 0 Å². The zero-order valence-electron chi connectivity index (χ0n) is 14.9. The number of benzene rings is 1. The molecule has 2 heterocycles. The standard InChI is InChI=1S/C18H21ClN2O4S/c1-21-15(22)12-13(16(21)23)18(8-9-26-3,17(24)25-2)20-14(12)10-4-6-11(19)7-5-10/h4-7,12-14,20H,8-9H2,1-3H3/p+1/t12-,13+,14+,18+/m0/s1. The topological polar surface area (TPSA) is 80.3 Å². The summed E-state index contributed by atoms with van der Waals surface area (Å²) in [6.45, 7) is 0. The lowest BCUT2D eigenvalue weighted by Crippen LogP contribution is -2.98. The molecule has 4 atom stereocenters. The van der Waals surface area contributed by atoms with Crippen LogP contribution in [0.3, 0.4) is 0 Å². The number of ether oxygens (including phenoxy) is 1. The Bertz CT molecular complexity index is 741. The van der Waals surface area contributed by atoms with E-state index in [0.29, 0.717) is 17.2 Å². The first kappa shape index (κ1) is 19.2. The fraction of sp³-hybridized carbons (Fsp3) is 0.500. The van der Waals surface area contributed by atoms with Gasteiger partial charge in [-0.3, -0.25) is 14.5 Å². The Morgan fingerprint density at radius 1 is 1.31 bits per heavy atom. The minimum Gasteiger partial charge on any atom is -0.464 e. The Hall–Kier alpha value is -1.57. The van der Waals surface area contributed by atoms with Gasteiger partial charge < -0.3 is 10.1 Å². The lowest BCUT2D eigenvalue weighted by atomic mass is 9.78. The van der Waals surface area contributed by atoms with Gasteiger partial charge in [0, 0.05) is 24.1 Å². The molecule has 0 saturated carbocycles. The van der Waals surface area contributed by atoms with Crippen LogP contribution >= 0.6 is 23.4 Å². The summed E-state index contributed by atoms with van der Waals surface area (Å²) < 4.78 is 5.08. The minimum atomic E-state index is -1.09. The van der Waals surface area contributed by atoms with Crippen LogP contribution in [0, 0.1) is 11.8 Å². The highest BCUT2D eigenvalue weighted by Crippen LogP contribution is 2.45. The second-order valence-corrected chi connectivity index (χ2v) is 8.18. The summed E-state index contributed by atoms with van der Waals surface area (Å²) >= 11 is 7.58. The number of rotatable bonds is 5. The number of fused-ring (bicyclic) bond motifs is 1. The first-order valence-electron chi connectivity index (χ1n) is 8.37. The number of hydrogen-bond donors (Lipinski definition) is 1. The number of carbonyl (C=O) groups excluding carboxylic acids is 3. The molecule has 2 saturated heterocycles. The molecule has 0 bridgehead atoms. The average Bonchev–Trinajstić information content (AvgIpc) is 3.10. The Balaban J connectivity index is 2.11. The number of esters is 1. The van der Waals surface area contributed by atoms with E-state index in [1.54, 1.807) is 23.9 Å². The number of imide groups is 1. The predicted molar refractivity (Wildman–Crippen MR) is 98.6 cm³/mol. The van der Waals surface area contributed by atoms with Crippen LogP contribution in [0.1, 0.15) is 18.0 Å². The van der Waals surface area contributed by atoms with E-state index in [1.807, 2.05) is 23.7 Å². The van der Waals surface area contributed by atoms with E-state index < -0.39 is 23.3 Å². The van der Waals surface area contributed by atoms with Gasteiger partial charge in [-0.1, -0.05) is 23.7 Å². The van der Waals surface area contributed by atoms with Gasteiger partial charge in [0.15, 0.2) is 0 Å². The number of hydrogen-bond acceptors (Lipinski definition) is 5. The van der Waals surface area contributed by atoms with Crippen molar-refractivity contribution in [1.82, 2.24) is 4.90 Å². The monoisotopic (exact) mass is 397 g/mol. The van der Waals surface area contributed by atoms with Crippen molar-refractivity contribution in [2.24, 2.45) is 11.8 Å². The molecule has 140 valence electrons. The number of likely N-dealkylation sites (tertiary alicyclic amines) is 1. The van der Waals surface area contributed by atoms with Gasteiger partial charge in [-0.25, -0.2) is 4.79 Å². The van der Waals surface area contributed by atoms with Crippen molar-refractivity contribution in [3.05, 3.63) is 34.9 Å². The molecule has 2 fully saturated rings. The summed E-state index contributed by atoms with van der Waals surface area (Å²) in [6.07, 6.45) is 2.40. The summed E-state index contributed by atoms with van der Waals surface area (Å²) in [4.78, 5) is 39.7. The van der Waals surface area contributed by atoms with Gasteiger partial charge in [0.1, 0.15) is 17.9 Å². The molecule has 0 unspecified atom stereocenters. The summed E-state index contributed by atoms with van der Waals surface area (Å²) in [7, 11) is 2.81. The minimum absolute atomic E-state index is 0.244. The molecule has 1 aromatic rings. The Kier molecular flexibility index (Phi) is 5.33. The second kappa shape index (κ2) is 7.21. The average molecular weight is 398 g/mol. The highest BCUT2D eigenvalue weighted by Gasteiger charge is 2.71. The molecular weight excluding hydrogens is 376 g/mol. The van der Waals surface area contributed by atoms with Gasteiger partial charge in [0.25, 0.3) is 0 Å². The number of nitrogens with two attached hydrogens (primary N) is 1. The Morgan fingerprint density at radius 3 is 2.54 bits per heavy atom. The van der Waals surface area contributed by atoms with Gasteiger partial charge in [-0.05, 0) is 24.1 Å². The number of halogens is 1. The normalized spacial score (nSPS) is 30.6. The molecule has 0 radical (unpaired) electrons. The molecule has 0 spiro atoms. The van der Waals surface area contributed by atoms with Crippen LogP contribution in [0.5, 0.6) is 0 Å². The number of nitrogens with zero attached hydrogens (tertiary/aromatic N) is 1. The van der Waals surface area contributed by atoms with Crippen LogP contribution in [-0.4, -0.2) is 54.4 Å². The van der Waals surface area contributed by atoms with E-state index in [4.69, 9.17) is 16.3 Å². The van der Waals surface area contributed by atoms with Crippen molar-refractivity contribution in [2.45, 2.75) is 18.0 Å². The van der Waals surface area contributed by atoms with Gasteiger partial charge in [-0.2, -0.15) is 11.8 Å². The highest BCUT2D eigenvalue weighted by molar-refractivity contribution is 7.98. The Labute approximate surface area is 161 Å². The third-order valence-electron chi connectivity index (χ3n) is 5.53. The van der Waals surface area contributed by atoms with Gasteiger partial charge >= 0.3 is 5.97 Å². The molecule has 2 aliphatic heterocycles. The van der Waals surface area contributed by atoms with Gasteiger partial charge in [0.2, 0.25) is 17.4 Å². The summed E-state index contributed by atoms with van der Waals surface area (Å²) in [5.74, 6) is -1.62. The Morgan fingerprint density at radius 2 is 1.96 bits per heavy atom. The van der Waals surface area contributed by atoms with E-state index >= 15 is 0 Å². The quantitative estimate of drug-likeness (QED) is 0.588. The van der Waals surface area contributed by atoms with E-state index in [-0.39, 0.29) is 17.9 Å². The highest BCUT2D eigenvalue weighted by atomic mass is 35.5. The SMILES string of the molecule is COC(=O)[C@]1(CCSC)[NH2+][C@H](c2ccc(Cl)cc2)[C@H]2C(=O)N(C)C(=O)[C@@H]21. The van der Waals surface area contributed by atoms with E-state index in [9.17, 15) is 14.4 Å². The smallest absolute Gasteiger partial charge is 0.368 e. The number of thioether (sulfide) groups is 1. The predicted octanol–water partition coefficient (Wildman–Crippen LogP) is 0.854. The van der Waals surface area contributed by atoms with Gasteiger partial charge in [0.05, 0.1) is 7.11 Å². The van der Waals surface area contributed by atoms with Crippen molar-refractivity contribution in [2.75, 3.05) is 26.2 Å². The van der Waals surface area contributed by atoms with Crippen molar-refractivity contribution in [3.63, 3.8) is 0 Å². The van der Waals surface area contributed by atoms with Crippen molar-refractivity contribution < 1.29 is 24.4 Å². The number of amides is 2. The lowest BCUT2D eigenvalue weighted by Gasteiger charge is -2.28. The van der Waals surface area contributed by atoms with E-state index in [0.717, 1.165) is 10.5 Å². The summed E-state index contributed by atoms with van der Waals surface area (Å²) in [5.41, 5.74) is -0.222. The molecule has 26 heavy (non-hydrogen) atoms. The maximum absolute atomic E-state index is 12.9. The largest absolute Gasteiger partial charge is 0.464 e. The van der Waals surface area contributed by atoms with Crippen molar-refractivity contribution >= 4 is 41.1 Å². The first-order valence-corrected chi connectivity index (χ1v) is 10.1. The molecule has 8 heteroatoms. The van der Waals surface area contributed by atoms with Crippen LogP contribution < -0.4 is 5.32 Å². The number of carbonyl (C=O) groups is 3. The van der Waals surface area contributed by atoms with Crippen LogP contribution in [0.2, 0.25) is 5.02 Å². The molecule has 0 aromatic heterocycles. The van der Waals surface area contributed by atoms with Crippen LogP contribution in [0.15, 0.2) is 24.3 Å². The van der Waals surface area contributed by atoms with E-state index in [1.165, 1.54) is 14.2 Å². The fourth-order valence-electron chi connectivity index (χ4n) is 4.25. The number of quaternary nitrogens is 1. The molecule has 1 aromatic carbocycles. The van der Waals surface area contributed by atoms with E-state index in [2.05, 4.69) is 0 Å². The van der Waals surface area contributed by atoms with Crippen LogP contribution in [-0.2, 0) is 19.1 Å². The number of methoxy groups -OCH3 is 1. The van der Waals surface area contributed by atoms with Crippen molar-refractivity contribution in [1.29, 1.82) is 0 Å². The maximum Gasteiger partial charge on any atom is 0.368 e. The zero-order chi connectivity index (χ0) is 19.1. The third kappa shape index (κ3) is 2.82. The molecule has 6 nitrogen and oxygen atoms in total. The molecule has 2 aliphatic rings. The molecule has 0 aliphatic carbocycles.